The van der Waals surface area contributed by atoms with Gasteiger partial charge in [0.25, 0.3) is 0 Å². The maximum atomic E-state index is 11.8. The first-order valence-corrected chi connectivity index (χ1v) is 9.48. The number of aromatic hydroxyl groups is 1. The van der Waals surface area contributed by atoms with Crippen molar-refractivity contribution < 1.29 is 24.5 Å². The number of methoxy groups -OCH3 is 1. The maximum Gasteiger partial charge on any atom is 0.331 e. The average molecular weight is 383 g/mol. The molecule has 0 unspecified atom stereocenters. The summed E-state index contributed by atoms with van der Waals surface area (Å²) in [7, 11) is 1.45. The van der Waals surface area contributed by atoms with Gasteiger partial charge < -0.3 is 19.7 Å². The third-order valence-electron chi connectivity index (χ3n) is 4.87. The molecule has 1 aromatic carbocycles. The number of fused-ring (bicyclic) bond motifs is 1. The Kier molecular flexibility index (Phi) is 6.53. The molecule has 1 aliphatic rings. The van der Waals surface area contributed by atoms with Crippen LogP contribution in [-0.4, -0.2) is 34.9 Å². The van der Waals surface area contributed by atoms with Gasteiger partial charge in [-0.2, -0.15) is 0 Å². The van der Waals surface area contributed by atoms with Gasteiger partial charge in [-0.25, -0.2) is 4.79 Å². The average Bonchev–Trinajstić information content (AvgIpc) is 3.15. The number of hydrogen-bond donors (Lipinski definition) is 2. The summed E-state index contributed by atoms with van der Waals surface area (Å²) in [5.41, 5.74) is 2.84. The zero-order valence-corrected chi connectivity index (χ0v) is 16.0. The molecule has 0 amide bonds. The summed E-state index contributed by atoms with van der Waals surface area (Å²) >= 11 is 0. The Hall–Kier alpha value is -3.02. The lowest BCUT2D eigenvalue weighted by Crippen LogP contribution is -2.02. The molecule has 0 radical (unpaired) electrons. The third kappa shape index (κ3) is 4.63. The summed E-state index contributed by atoms with van der Waals surface area (Å²) in [4.78, 5) is 15.9. The van der Waals surface area contributed by atoms with Crippen LogP contribution in [0.5, 0.6) is 17.2 Å². The molecule has 2 aromatic rings. The van der Waals surface area contributed by atoms with Crippen molar-refractivity contribution in [3.63, 3.8) is 0 Å². The van der Waals surface area contributed by atoms with Crippen LogP contribution in [0.3, 0.4) is 0 Å². The monoisotopic (exact) mass is 383 g/mol. The number of aromatic nitrogens is 1. The van der Waals surface area contributed by atoms with Crippen LogP contribution in [0.15, 0.2) is 36.2 Å². The number of unbranched alkanes of at least 4 members (excludes halogenated alkanes) is 2. The number of phenols is 1. The molecule has 0 bridgehead atoms. The lowest BCUT2D eigenvalue weighted by molar-refractivity contribution is -0.132. The predicted octanol–water partition coefficient (Wildman–Crippen LogP) is 4.00. The van der Waals surface area contributed by atoms with Gasteiger partial charge in [0.05, 0.1) is 19.3 Å². The van der Waals surface area contributed by atoms with Crippen molar-refractivity contribution >= 4 is 12.0 Å². The highest BCUT2D eigenvalue weighted by Gasteiger charge is 2.23. The fraction of sp³-hybridized carbons (Fsp3) is 0.364. The number of benzene rings is 1. The van der Waals surface area contributed by atoms with Crippen LogP contribution in [0.4, 0.5) is 0 Å². The van der Waals surface area contributed by atoms with Gasteiger partial charge in [-0.1, -0.05) is 12.5 Å². The number of carbonyl (C=O) groups is 1. The Morgan fingerprint density at radius 3 is 2.93 bits per heavy atom. The number of carboxylic acid groups (broad SMARTS) is 1. The Labute approximate surface area is 164 Å². The molecule has 1 aromatic heterocycles. The van der Waals surface area contributed by atoms with Crippen LogP contribution in [-0.2, 0) is 17.6 Å². The van der Waals surface area contributed by atoms with E-state index in [9.17, 15) is 15.0 Å². The molecule has 0 atom stereocenters. The quantitative estimate of drug-likeness (QED) is 0.503. The minimum atomic E-state index is -0.968. The van der Waals surface area contributed by atoms with Crippen LogP contribution in [0, 0.1) is 0 Å². The minimum absolute atomic E-state index is 0.000732. The molecular formula is C22H25NO5. The van der Waals surface area contributed by atoms with Gasteiger partial charge in [0.15, 0.2) is 11.5 Å². The number of aryl methyl sites for hydroxylation is 1. The second kappa shape index (κ2) is 9.26. The van der Waals surface area contributed by atoms with Gasteiger partial charge in [-0.05, 0) is 49.5 Å². The fourth-order valence-electron chi connectivity index (χ4n) is 3.46. The van der Waals surface area contributed by atoms with Gasteiger partial charge in [0.2, 0.25) is 0 Å². The van der Waals surface area contributed by atoms with E-state index in [2.05, 4.69) is 4.98 Å². The van der Waals surface area contributed by atoms with E-state index in [-0.39, 0.29) is 17.1 Å². The largest absolute Gasteiger partial charge is 0.504 e. The molecule has 148 valence electrons. The molecule has 0 saturated carbocycles. The van der Waals surface area contributed by atoms with E-state index < -0.39 is 5.97 Å². The van der Waals surface area contributed by atoms with Crippen LogP contribution >= 0.6 is 0 Å². The Bertz CT molecular complexity index is 857. The van der Waals surface area contributed by atoms with Gasteiger partial charge in [-0.15, -0.1) is 0 Å². The molecule has 3 rings (SSSR count). The highest BCUT2D eigenvalue weighted by Crippen LogP contribution is 2.43. The minimum Gasteiger partial charge on any atom is -0.504 e. The number of aliphatic carboxylic acids is 1. The molecule has 0 spiro atoms. The van der Waals surface area contributed by atoms with E-state index >= 15 is 0 Å². The Morgan fingerprint density at radius 1 is 1.36 bits per heavy atom. The van der Waals surface area contributed by atoms with Crippen LogP contribution < -0.4 is 9.47 Å². The second-order valence-corrected chi connectivity index (χ2v) is 6.83. The highest BCUT2D eigenvalue weighted by molar-refractivity contribution is 5.93. The smallest absolute Gasteiger partial charge is 0.331 e. The summed E-state index contributed by atoms with van der Waals surface area (Å²) in [6, 6.07) is 5.59. The van der Waals surface area contributed by atoms with Crippen molar-refractivity contribution in [3.8, 4) is 17.2 Å². The van der Waals surface area contributed by atoms with Crippen molar-refractivity contribution in [1.29, 1.82) is 0 Å². The number of nitrogens with zero attached hydrogens (tertiary/aromatic N) is 1. The van der Waals surface area contributed by atoms with E-state index in [1.54, 1.807) is 18.3 Å². The second-order valence-electron chi connectivity index (χ2n) is 6.83. The molecule has 0 saturated heterocycles. The number of rotatable bonds is 9. The van der Waals surface area contributed by atoms with E-state index in [1.165, 1.54) is 12.7 Å². The van der Waals surface area contributed by atoms with Crippen LogP contribution in [0.2, 0.25) is 0 Å². The first-order chi connectivity index (χ1) is 13.6. The molecule has 0 aliphatic carbocycles. The van der Waals surface area contributed by atoms with Crippen molar-refractivity contribution in [1.82, 2.24) is 4.98 Å². The molecule has 1 aliphatic heterocycles. The lowest BCUT2D eigenvalue weighted by atomic mass is 9.99. The van der Waals surface area contributed by atoms with Gasteiger partial charge in [0, 0.05) is 30.0 Å². The highest BCUT2D eigenvalue weighted by atomic mass is 16.5. The fourth-order valence-corrected chi connectivity index (χ4v) is 3.46. The van der Waals surface area contributed by atoms with Gasteiger partial charge in [-0.3, -0.25) is 4.98 Å². The molecule has 6 heteroatoms. The SMILES string of the molecule is COc1c(O)cc2c(c1/C=C(\CCCCCc1cccnc1)C(=O)O)OCC2. The van der Waals surface area contributed by atoms with E-state index in [0.29, 0.717) is 30.8 Å². The number of carboxylic acids is 1. The molecular weight excluding hydrogens is 358 g/mol. The summed E-state index contributed by atoms with van der Waals surface area (Å²) in [6.07, 6.45) is 9.91. The van der Waals surface area contributed by atoms with Crippen molar-refractivity contribution in [2.75, 3.05) is 13.7 Å². The van der Waals surface area contributed by atoms with Crippen molar-refractivity contribution in [3.05, 3.63) is 52.9 Å². The zero-order valence-electron chi connectivity index (χ0n) is 16.0. The molecule has 6 nitrogen and oxygen atoms in total. The normalized spacial score (nSPS) is 13.1. The first-order valence-electron chi connectivity index (χ1n) is 9.48. The third-order valence-corrected chi connectivity index (χ3v) is 4.87. The van der Waals surface area contributed by atoms with Crippen molar-refractivity contribution in [2.45, 2.75) is 38.5 Å². The topological polar surface area (TPSA) is 88.9 Å². The maximum absolute atomic E-state index is 11.8. The first kappa shape index (κ1) is 19.7. The molecule has 28 heavy (non-hydrogen) atoms. The lowest BCUT2D eigenvalue weighted by Gasteiger charge is -2.13. The molecule has 0 fully saturated rings. The molecule has 2 N–H and O–H groups in total. The van der Waals surface area contributed by atoms with E-state index in [1.807, 2.05) is 18.3 Å². The van der Waals surface area contributed by atoms with Crippen LogP contribution in [0.1, 0.15) is 42.4 Å². The van der Waals surface area contributed by atoms with E-state index in [4.69, 9.17) is 9.47 Å². The van der Waals surface area contributed by atoms with Gasteiger partial charge in [0.1, 0.15) is 5.75 Å². The van der Waals surface area contributed by atoms with E-state index in [0.717, 1.165) is 31.2 Å². The number of pyridine rings is 1. The molecule has 2 heterocycles. The van der Waals surface area contributed by atoms with Gasteiger partial charge >= 0.3 is 5.97 Å². The predicted molar refractivity (Wildman–Crippen MR) is 106 cm³/mol. The number of ether oxygens (including phenoxy) is 2. The zero-order chi connectivity index (χ0) is 19.9. The number of hydrogen-bond acceptors (Lipinski definition) is 5. The Morgan fingerprint density at radius 2 is 2.21 bits per heavy atom. The Balaban J connectivity index is 1.69. The summed E-state index contributed by atoms with van der Waals surface area (Å²) in [6.45, 7) is 0.513. The van der Waals surface area contributed by atoms with Crippen molar-refractivity contribution in [2.24, 2.45) is 0 Å². The number of phenolic OH excluding ortho intramolecular Hbond substituents is 1. The summed E-state index contributed by atoms with van der Waals surface area (Å²) < 4.78 is 11.0. The summed E-state index contributed by atoms with van der Waals surface area (Å²) in [5, 5.41) is 19.8. The summed E-state index contributed by atoms with van der Waals surface area (Å²) in [5.74, 6) is -0.121. The van der Waals surface area contributed by atoms with Crippen LogP contribution in [0.25, 0.3) is 6.08 Å². The standard InChI is InChI=1S/C22H25NO5/c1-27-21-18(20-16(9-11-28-20)13-19(21)24)12-17(22(25)26)8-4-2-3-6-15-7-5-10-23-14-15/h5,7,10,12-14,24H,2-4,6,8-9,11H2,1H3,(H,25,26)/b17-12+.